The van der Waals surface area contributed by atoms with Gasteiger partial charge in [-0.05, 0) is 29.3 Å². The van der Waals surface area contributed by atoms with E-state index in [2.05, 4.69) is 27.4 Å². The van der Waals surface area contributed by atoms with E-state index in [1.165, 1.54) is 17.5 Å². The van der Waals surface area contributed by atoms with Crippen molar-refractivity contribution in [3.63, 3.8) is 0 Å². The predicted octanol–water partition coefficient (Wildman–Crippen LogP) is 3.56. The molecule has 0 spiro atoms. The second-order valence-electron chi connectivity index (χ2n) is 4.69. The van der Waals surface area contributed by atoms with Gasteiger partial charge in [0.1, 0.15) is 17.0 Å². The van der Waals surface area contributed by atoms with Gasteiger partial charge in [0.2, 0.25) is 0 Å². The van der Waals surface area contributed by atoms with Gasteiger partial charge in [-0.1, -0.05) is 18.2 Å². The molecule has 0 saturated carbocycles. The van der Waals surface area contributed by atoms with Crippen LogP contribution in [0.4, 0.5) is 5.82 Å². The number of hydrogen-bond donors (Lipinski definition) is 1. The van der Waals surface area contributed by atoms with Crippen molar-refractivity contribution in [2.45, 2.75) is 6.54 Å². The van der Waals surface area contributed by atoms with Crippen molar-refractivity contribution in [2.75, 3.05) is 5.32 Å². The third-order valence-corrected chi connectivity index (χ3v) is 4.23. The van der Waals surface area contributed by atoms with E-state index in [4.69, 9.17) is 10.5 Å². The monoisotopic (exact) mass is 317 g/mol. The maximum atomic E-state index is 9.02. The van der Waals surface area contributed by atoms with E-state index in [-0.39, 0.29) is 5.69 Å². The third kappa shape index (κ3) is 3.34. The molecular formula is C17H11N5S. The molecule has 0 unspecified atom stereocenters. The fourth-order valence-corrected chi connectivity index (χ4v) is 2.92. The van der Waals surface area contributed by atoms with Crippen LogP contribution < -0.4 is 5.32 Å². The Morgan fingerprint density at radius 1 is 1.04 bits per heavy atom. The summed E-state index contributed by atoms with van der Waals surface area (Å²) in [4.78, 5) is 9.85. The maximum absolute atomic E-state index is 9.02. The van der Waals surface area contributed by atoms with Crippen LogP contribution in [0.25, 0.3) is 10.4 Å². The molecule has 1 aromatic carbocycles. The molecule has 110 valence electrons. The Morgan fingerprint density at radius 2 is 1.91 bits per heavy atom. The van der Waals surface area contributed by atoms with Crippen molar-refractivity contribution in [1.82, 2.24) is 9.97 Å². The lowest BCUT2D eigenvalue weighted by molar-refractivity contribution is 1.07. The molecule has 3 aromatic rings. The molecule has 0 amide bonds. The second kappa shape index (κ2) is 6.69. The van der Waals surface area contributed by atoms with Crippen LogP contribution in [-0.4, -0.2) is 9.97 Å². The van der Waals surface area contributed by atoms with E-state index >= 15 is 0 Å². The standard InChI is InChI=1S/C17H11N5S/c18-9-14-4-5-16(23-14)13-3-1-2-12(8-13)11-22-17-15(10-19)20-6-7-21-17/h1-8H,11H2,(H,21,22). The topological polar surface area (TPSA) is 85.4 Å². The molecule has 0 radical (unpaired) electrons. The van der Waals surface area contributed by atoms with Crippen LogP contribution >= 0.6 is 11.3 Å². The maximum Gasteiger partial charge on any atom is 0.182 e. The van der Waals surface area contributed by atoms with Crippen LogP contribution in [-0.2, 0) is 6.54 Å². The summed E-state index contributed by atoms with van der Waals surface area (Å²) in [7, 11) is 0. The van der Waals surface area contributed by atoms with Crippen molar-refractivity contribution in [1.29, 1.82) is 10.5 Å². The van der Waals surface area contributed by atoms with E-state index in [1.54, 1.807) is 6.20 Å². The molecule has 1 N–H and O–H groups in total. The number of rotatable bonds is 4. The van der Waals surface area contributed by atoms with Gasteiger partial charge in [0.05, 0.1) is 0 Å². The van der Waals surface area contributed by atoms with E-state index < -0.39 is 0 Å². The molecule has 0 saturated heterocycles. The zero-order chi connectivity index (χ0) is 16.1. The molecule has 3 rings (SSSR count). The lowest BCUT2D eigenvalue weighted by Gasteiger charge is -2.07. The van der Waals surface area contributed by atoms with Crippen LogP contribution in [0.1, 0.15) is 16.1 Å². The van der Waals surface area contributed by atoms with Crippen LogP contribution in [0.2, 0.25) is 0 Å². The largest absolute Gasteiger partial charge is 0.364 e. The molecule has 2 aromatic heterocycles. The highest BCUT2D eigenvalue weighted by Gasteiger charge is 2.06. The first-order chi connectivity index (χ1) is 11.3. The zero-order valence-corrected chi connectivity index (χ0v) is 12.8. The van der Waals surface area contributed by atoms with Crippen LogP contribution in [0.5, 0.6) is 0 Å². The fraction of sp³-hybridized carbons (Fsp3) is 0.0588. The summed E-state index contributed by atoms with van der Waals surface area (Å²) in [5.74, 6) is 0.475. The Balaban J connectivity index is 1.78. The van der Waals surface area contributed by atoms with Gasteiger partial charge in [-0.25, -0.2) is 9.97 Å². The van der Waals surface area contributed by atoms with Crippen molar-refractivity contribution < 1.29 is 0 Å². The average molecular weight is 317 g/mol. The molecule has 0 aliphatic heterocycles. The molecule has 0 aliphatic rings. The molecule has 6 heteroatoms. The Hall–Kier alpha value is -3.22. The Bertz CT molecular complexity index is 917. The fourth-order valence-electron chi connectivity index (χ4n) is 2.12. The molecule has 5 nitrogen and oxygen atoms in total. The molecular weight excluding hydrogens is 306 g/mol. The summed E-state index contributed by atoms with van der Waals surface area (Å²) in [5.41, 5.74) is 2.40. The zero-order valence-electron chi connectivity index (χ0n) is 12.0. The molecule has 2 heterocycles. The van der Waals surface area contributed by atoms with Crippen LogP contribution in [0, 0.1) is 22.7 Å². The van der Waals surface area contributed by atoms with Gasteiger partial charge < -0.3 is 5.32 Å². The van der Waals surface area contributed by atoms with Gasteiger partial charge in [0.15, 0.2) is 11.5 Å². The van der Waals surface area contributed by atoms with Crippen LogP contribution in [0.3, 0.4) is 0 Å². The summed E-state index contributed by atoms with van der Waals surface area (Å²) in [6, 6.07) is 16.0. The lowest BCUT2D eigenvalue weighted by Crippen LogP contribution is -2.04. The van der Waals surface area contributed by atoms with E-state index in [9.17, 15) is 0 Å². The van der Waals surface area contributed by atoms with Gasteiger partial charge in [0.25, 0.3) is 0 Å². The van der Waals surface area contributed by atoms with Gasteiger partial charge in [-0.3, -0.25) is 0 Å². The second-order valence-corrected chi connectivity index (χ2v) is 5.78. The van der Waals surface area contributed by atoms with Crippen molar-refractivity contribution >= 4 is 17.2 Å². The van der Waals surface area contributed by atoms with Crippen molar-refractivity contribution in [3.05, 3.63) is 64.9 Å². The Labute approximate surface area is 137 Å². The molecule has 0 fully saturated rings. The number of nitrogens with one attached hydrogen (secondary N) is 1. The van der Waals surface area contributed by atoms with E-state index in [0.717, 1.165) is 16.0 Å². The summed E-state index contributed by atoms with van der Waals surface area (Å²) in [6.07, 6.45) is 3.04. The van der Waals surface area contributed by atoms with E-state index in [1.807, 2.05) is 36.4 Å². The first kappa shape index (κ1) is 14.7. The van der Waals surface area contributed by atoms with Crippen molar-refractivity contribution in [2.24, 2.45) is 0 Å². The Kier molecular flexibility index (Phi) is 4.28. The highest BCUT2D eigenvalue weighted by Crippen LogP contribution is 2.28. The number of anilines is 1. The summed E-state index contributed by atoms with van der Waals surface area (Å²) < 4.78 is 0. The van der Waals surface area contributed by atoms with Crippen LogP contribution in [0.15, 0.2) is 48.8 Å². The summed E-state index contributed by atoms with van der Waals surface area (Å²) >= 11 is 1.47. The van der Waals surface area contributed by atoms with E-state index in [0.29, 0.717) is 17.2 Å². The van der Waals surface area contributed by atoms with Gasteiger partial charge in [-0.2, -0.15) is 10.5 Å². The number of thiophene rings is 1. The summed E-state index contributed by atoms with van der Waals surface area (Å²) in [5, 5.41) is 21.1. The lowest BCUT2D eigenvalue weighted by atomic mass is 10.1. The SMILES string of the molecule is N#Cc1ccc(-c2cccc(CNc3nccnc3C#N)c2)s1. The minimum Gasteiger partial charge on any atom is -0.364 e. The Morgan fingerprint density at radius 3 is 2.70 bits per heavy atom. The summed E-state index contributed by atoms with van der Waals surface area (Å²) in [6.45, 7) is 0.539. The first-order valence-electron chi connectivity index (χ1n) is 6.84. The smallest absolute Gasteiger partial charge is 0.182 e. The number of aromatic nitrogens is 2. The third-order valence-electron chi connectivity index (χ3n) is 3.19. The highest BCUT2D eigenvalue weighted by molar-refractivity contribution is 7.16. The molecule has 0 bridgehead atoms. The average Bonchev–Trinajstić information content (AvgIpc) is 3.10. The van der Waals surface area contributed by atoms with Crippen molar-refractivity contribution in [3.8, 4) is 22.6 Å². The number of hydrogen-bond acceptors (Lipinski definition) is 6. The molecule has 23 heavy (non-hydrogen) atoms. The predicted molar refractivity (Wildman–Crippen MR) is 88.5 cm³/mol. The number of benzene rings is 1. The molecule has 0 aliphatic carbocycles. The number of nitriles is 2. The van der Waals surface area contributed by atoms with Gasteiger partial charge in [0, 0.05) is 23.8 Å². The minimum absolute atomic E-state index is 0.278. The number of nitrogens with zero attached hydrogens (tertiary/aromatic N) is 4. The van der Waals surface area contributed by atoms with Gasteiger partial charge in [-0.15, -0.1) is 11.3 Å². The quantitative estimate of drug-likeness (QED) is 0.795. The minimum atomic E-state index is 0.278. The van der Waals surface area contributed by atoms with Gasteiger partial charge >= 0.3 is 0 Å². The molecule has 0 atom stereocenters. The first-order valence-corrected chi connectivity index (χ1v) is 7.66. The normalized spacial score (nSPS) is 9.83. The highest BCUT2D eigenvalue weighted by atomic mass is 32.1.